The van der Waals surface area contributed by atoms with Crippen molar-refractivity contribution in [2.75, 3.05) is 7.11 Å². The quantitative estimate of drug-likeness (QED) is 0.752. The molecule has 0 radical (unpaired) electrons. The monoisotopic (exact) mass is 235 g/mol. The van der Waals surface area contributed by atoms with Crippen LogP contribution in [0.15, 0.2) is 18.2 Å². The van der Waals surface area contributed by atoms with Crippen LogP contribution in [0, 0.1) is 11.3 Å². The van der Waals surface area contributed by atoms with Gasteiger partial charge < -0.3 is 4.74 Å². The summed E-state index contributed by atoms with van der Waals surface area (Å²) >= 11 is 0. The van der Waals surface area contributed by atoms with Crippen LogP contribution >= 0.6 is 0 Å². The van der Waals surface area contributed by atoms with Gasteiger partial charge in [0.2, 0.25) is 0 Å². The molecule has 0 unspecified atom stereocenters. The van der Waals surface area contributed by atoms with Crippen LogP contribution in [-0.4, -0.2) is 7.11 Å². The molecular weight excluding hydrogens is 210 g/mol. The minimum absolute atomic E-state index is 0.643. The summed E-state index contributed by atoms with van der Waals surface area (Å²) < 4.78 is 5.13. The number of nitriles is 1. The van der Waals surface area contributed by atoms with Crippen LogP contribution in [0.1, 0.15) is 52.2 Å². The highest BCUT2D eigenvalue weighted by molar-refractivity contribution is 5.42. The highest BCUT2D eigenvalue weighted by Crippen LogP contribution is 2.19. The molecule has 2 heteroatoms. The number of methoxy groups -OCH3 is 1. The molecule has 0 N–H and O–H groups in total. The van der Waals surface area contributed by atoms with E-state index in [0.29, 0.717) is 5.56 Å². The van der Waals surface area contributed by atoms with E-state index in [2.05, 4.69) is 26.8 Å². The van der Waals surface area contributed by atoms with Gasteiger partial charge in [-0.25, -0.2) is 0 Å². The minimum Gasteiger partial charge on any atom is -0.496 e. The maximum absolute atomic E-state index is 8.62. The first-order chi connectivity index (χ1) is 8.23. The third kappa shape index (κ3) is 7.41. The molecule has 96 valence electrons. The van der Waals surface area contributed by atoms with E-state index in [9.17, 15) is 0 Å². The highest BCUT2D eigenvalue weighted by atomic mass is 16.5. The van der Waals surface area contributed by atoms with Crippen LogP contribution in [0.25, 0.3) is 0 Å². The largest absolute Gasteiger partial charge is 0.496 e. The maximum Gasteiger partial charge on any atom is 0.123 e. The molecule has 17 heavy (non-hydrogen) atoms. The molecule has 0 amide bonds. The molecule has 1 aromatic rings. The lowest BCUT2D eigenvalue weighted by Gasteiger charge is -2.05. The second-order valence-corrected chi connectivity index (χ2v) is 3.20. The molecule has 0 aliphatic rings. The number of hydrogen-bond acceptors (Lipinski definition) is 2. The van der Waals surface area contributed by atoms with Gasteiger partial charge in [-0.1, -0.05) is 47.1 Å². The molecule has 0 saturated carbocycles. The lowest BCUT2D eigenvalue weighted by atomic mass is 10.1. The summed E-state index contributed by atoms with van der Waals surface area (Å²) in [6.45, 7) is 10.3. The van der Waals surface area contributed by atoms with Gasteiger partial charge in [-0.2, -0.15) is 5.26 Å². The minimum atomic E-state index is 0.643. The third-order valence-electron chi connectivity index (χ3n) is 1.80. The number of hydrogen-bond donors (Lipinski definition) is 0. The molecule has 0 fully saturated rings. The van der Waals surface area contributed by atoms with Crippen LogP contribution in [0.2, 0.25) is 0 Å². The molecule has 0 atom stereocenters. The molecule has 1 rings (SSSR count). The van der Waals surface area contributed by atoms with E-state index < -0.39 is 0 Å². The Morgan fingerprint density at radius 1 is 1.18 bits per heavy atom. The van der Waals surface area contributed by atoms with Crippen LogP contribution < -0.4 is 4.74 Å². The average Bonchev–Trinajstić information content (AvgIpc) is 2.41. The fraction of sp³-hybridized carbons (Fsp3) is 0.533. The average molecular weight is 235 g/mol. The van der Waals surface area contributed by atoms with Crippen molar-refractivity contribution in [3.63, 3.8) is 0 Å². The molecule has 2 nitrogen and oxygen atoms in total. The number of rotatable bonds is 2. The van der Waals surface area contributed by atoms with E-state index in [1.807, 2.05) is 19.9 Å². The summed E-state index contributed by atoms with van der Waals surface area (Å²) in [6.07, 6.45) is 2.18. The summed E-state index contributed by atoms with van der Waals surface area (Å²) in [6, 6.07) is 7.57. The third-order valence-corrected chi connectivity index (χ3v) is 1.80. The van der Waals surface area contributed by atoms with Crippen molar-refractivity contribution in [2.24, 2.45) is 0 Å². The van der Waals surface area contributed by atoms with Gasteiger partial charge in [0.25, 0.3) is 0 Å². The zero-order valence-electron chi connectivity index (χ0n) is 12.0. The van der Waals surface area contributed by atoms with Crippen LogP contribution in [0.4, 0.5) is 0 Å². The molecule has 0 bridgehead atoms. The van der Waals surface area contributed by atoms with Gasteiger partial charge in [-0.3, -0.25) is 0 Å². The van der Waals surface area contributed by atoms with Crippen molar-refractivity contribution < 1.29 is 4.74 Å². The Morgan fingerprint density at radius 2 is 1.71 bits per heavy atom. The van der Waals surface area contributed by atoms with Gasteiger partial charge >= 0.3 is 0 Å². The van der Waals surface area contributed by atoms with Gasteiger partial charge in [-0.05, 0) is 24.1 Å². The normalized spacial score (nSPS) is 7.82. The summed E-state index contributed by atoms with van der Waals surface area (Å²) in [5, 5.41) is 8.62. The standard InChI is InChI=1S/C10H11NO.C3H8.C2H6/c1-3-9-5-4-8(7-11)6-10(9)12-2;1-3-2;1-2/h4-6H,3H2,1-2H3;3H2,1-2H3;1-2H3. The molecule has 1 aromatic carbocycles. The van der Waals surface area contributed by atoms with Gasteiger partial charge in [0.1, 0.15) is 5.75 Å². The second kappa shape index (κ2) is 12.6. The Labute approximate surface area is 106 Å². The SMILES string of the molecule is CC.CCC.CCc1ccc(C#N)cc1OC. The number of benzene rings is 1. The lowest BCUT2D eigenvalue weighted by molar-refractivity contribution is 0.410. The summed E-state index contributed by atoms with van der Waals surface area (Å²) in [5.74, 6) is 0.802. The number of aryl methyl sites for hydroxylation is 1. The Kier molecular flexibility index (Phi) is 13.2. The van der Waals surface area contributed by atoms with E-state index in [4.69, 9.17) is 10.00 Å². The molecule has 0 heterocycles. The van der Waals surface area contributed by atoms with E-state index in [1.54, 1.807) is 19.2 Å². The first-order valence-electron chi connectivity index (χ1n) is 6.30. The predicted molar refractivity (Wildman–Crippen MR) is 74.4 cm³/mol. The first kappa shape index (κ1) is 17.9. The summed E-state index contributed by atoms with van der Waals surface area (Å²) in [7, 11) is 1.62. The topological polar surface area (TPSA) is 33.0 Å². The van der Waals surface area contributed by atoms with E-state index in [-0.39, 0.29) is 0 Å². The number of ether oxygens (including phenoxy) is 1. The van der Waals surface area contributed by atoms with Gasteiger partial charge in [0.05, 0.1) is 18.7 Å². The molecule has 0 aliphatic carbocycles. The van der Waals surface area contributed by atoms with Crippen LogP contribution in [0.5, 0.6) is 5.75 Å². The summed E-state index contributed by atoms with van der Waals surface area (Å²) in [5.41, 5.74) is 1.78. The molecular formula is C15H25NO. The molecule has 0 spiro atoms. The van der Waals surface area contributed by atoms with Crippen LogP contribution in [0.3, 0.4) is 0 Å². The van der Waals surface area contributed by atoms with E-state index in [0.717, 1.165) is 17.7 Å². The predicted octanol–water partition coefficient (Wildman–Crippen LogP) is 4.57. The fourth-order valence-corrected chi connectivity index (χ4v) is 1.11. The molecule has 0 aromatic heterocycles. The van der Waals surface area contributed by atoms with Crippen molar-refractivity contribution in [2.45, 2.75) is 47.5 Å². The molecule has 0 aliphatic heterocycles. The van der Waals surface area contributed by atoms with Crippen molar-refractivity contribution in [1.82, 2.24) is 0 Å². The Bertz CT molecular complexity index is 326. The Morgan fingerprint density at radius 3 is 2.06 bits per heavy atom. The second-order valence-electron chi connectivity index (χ2n) is 3.20. The smallest absolute Gasteiger partial charge is 0.123 e. The number of nitrogens with zero attached hydrogens (tertiary/aromatic N) is 1. The van der Waals surface area contributed by atoms with Crippen LogP contribution in [-0.2, 0) is 6.42 Å². The molecule has 0 saturated heterocycles. The Balaban J connectivity index is 0. The van der Waals surface area contributed by atoms with Crippen molar-refractivity contribution >= 4 is 0 Å². The Hall–Kier alpha value is -1.49. The first-order valence-corrected chi connectivity index (χ1v) is 6.30. The van der Waals surface area contributed by atoms with Crippen molar-refractivity contribution in [1.29, 1.82) is 5.26 Å². The van der Waals surface area contributed by atoms with E-state index in [1.165, 1.54) is 6.42 Å². The van der Waals surface area contributed by atoms with Crippen molar-refractivity contribution in [3.05, 3.63) is 29.3 Å². The zero-order valence-corrected chi connectivity index (χ0v) is 12.0. The highest BCUT2D eigenvalue weighted by Gasteiger charge is 2.00. The lowest BCUT2D eigenvalue weighted by Crippen LogP contribution is -1.90. The van der Waals surface area contributed by atoms with Gasteiger partial charge in [0, 0.05) is 0 Å². The van der Waals surface area contributed by atoms with Gasteiger partial charge in [0.15, 0.2) is 0 Å². The van der Waals surface area contributed by atoms with E-state index >= 15 is 0 Å². The zero-order chi connectivity index (χ0) is 13.7. The summed E-state index contributed by atoms with van der Waals surface area (Å²) in [4.78, 5) is 0. The van der Waals surface area contributed by atoms with Crippen molar-refractivity contribution in [3.8, 4) is 11.8 Å². The maximum atomic E-state index is 8.62. The fourth-order valence-electron chi connectivity index (χ4n) is 1.11. The van der Waals surface area contributed by atoms with Gasteiger partial charge in [-0.15, -0.1) is 0 Å².